The van der Waals surface area contributed by atoms with Gasteiger partial charge in [-0.3, -0.25) is 14.6 Å². The Morgan fingerprint density at radius 3 is 2.91 bits per heavy atom. The number of aryl methyl sites for hydroxylation is 2. The lowest BCUT2D eigenvalue weighted by molar-refractivity contribution is -0.119. The molecule has 118 valence electrons. The van der Waals surface area contributed by atoms with E-state index in [0.29, 0.717) is 23.6 Å². The second-order valence-corrected chi connectivity index (χ2v) is 4.87. The van der Waals surface area contributed by atoms with Gasteiger partial charge in [0.2, 0.25) is 5.95 Å². The summed E-state index contributed by atoms with van der Waals surface area (Å²) in [6.07, 6.45) is 1.58. The van der Waals surface area contributed by atoms with Gasteiger partial charge in [-0.05, 0) is 13.3 Å². The van der Waals surface area contributed by atoms with Crippen molar-refractivity contribution in [3.63, 3.8) is 0 Å². The lowest BCUT2D eigenvalue weighted by atomic mass is 10.2. The molecule has 8 nitrogen and oxygen atoms in total. The molecule has 2 aromatic heterocycles. The summed E-state index contributed by atoms with van der Waals surface area (Å²) in [5.74, 6) is 0.392. The average molecular weight is 305 g/mol. The summed E-state index contributed by atoms with van der Waals surface area (Å²) in [6.45, 7) is 3.73. The summed E-state index contributed by atoms with van der Waals surface area (Å²) in [7, 11) is 1.44. The zero-order chi connectivity index (χ0) is 16.1. The van der Waals surface area contributed by atoms with Gasteiger partial charge < -0.3 is 10.1 Å². The maximum atomic E-state index is 11.8. The number of rotatable bonds is 6. The predicted molar refractivity (Wildman–Crippen MR) is 81.2 cm³/mol. The predicted octanol–water partition coefficient (Wildman–Crippen LogP) is 0.801. The number of aromatic amines is 1. The van der Waals surface area contributed by atoms with Crippen LogP contribution in [0.4, 0.5) is 5.82 Å². The fourth-order valence-electron chi connectivity index (χ4n) is 2.04. The zero-order valence-corrected chi connectivity index (χ0v) is 12.8. The Morgan fingerprint density at radius 2 is 2.23 bits per heavy atom. The van der Waals surface area contributed by atoms with E-state index in [1.807, 2.05) is 6.92 Å². The van der Waals surface area contributed by atoms with E-state index in [-0.39, 0.29) is 24.0 Å². The topological polar surface area (TPSA) is 102 Å². The Labute approximate surface area is 127 Å². The number of carbonyl (C=O) groups is 1. The van der Waals surface area contributed by atoms with Crippen molar-refractivity contribution in [1.29, 1.82) is 0 Å². The second-order valence-electron chi connectivity index (χ2n) is 4.87. The SMILES string of the molecule is CCCc1cc(=O)[nH]c(-n2nc(C)cc2NC(=O)COC)n1. The number of methoxy groups -OCH3 is 1. The molecule has 0 saturated carbocycles. The van der Waals surface area contributed by atoms with Crippen molar-refractivity contribution < 1.29 is 9.53 Å². The van der Waals surface area contributed by atoms with E-state index < -0.39 is 0 Å². The Morgan fingerprint density at radius 1 is 1.45 bits per heavy atom. The molecule has 0 bridgehead atoms. The van der Waals surface area contributed by atoms with Crippen LogP contribution in [0.1, 0.15) is 24.7 Å². The number of H-pyrrole nitrogens is 1. The first-order chi connectivity index (χ1) is 10.5. The van der Waals surface area contributed by atoms with E-state index in [1.165, 1.54) is 17.9 Å². The summed E-state index contributed by atoms with van der Waals surface area (Å²) in [5.41, 5.74) is 1.12. The van der Waals surface area contributed by atoms with Crippen LogP contribution in [-0.2, 0) is 16.0 Å². The number of nitrogens with zero attached hydrogens (tertiary/aromatic N) is 3. The molecule has 2 heterocycles. The first kappa shape index (κ1) is 15.9. The number of amides is 1. The maximum absolute atomic E-state index is 11.8. The minimum Gasteiger partial charge on any atom is -0.375 e. The standard InChI is InChI=1S/C14H19N5O3/c1-4-5-10-7-12(20)17-14(15-10)19-11(6-9(2)18-19)16-13(21)8-22-3/h6-7H,4-5,8H2,1-3H3,(H,16,21)(H,15,17,20). The zero-order valence-electron chi connectivity index (χ0n) is 12.8. The van der Waals surface area contributed by atoms with Gasteiger partial charge in [0.15, 0.2) is 0 Å². The number of nitrogens with one attached hydrogen (secondary N) is 2. The molecule has 1 amide bonds. The number of carbonyl (C=O) groups excluding carboxylic acids is 1. The Balaban J connectivity index is 2.40. The van der Waals surface area contributed by atoms with Crippen LogP contribution in [0.15, 0.2) is 16.9 Å². The van der Waals surface area contributed by atoms with Crippen LogP contribution in [0.5, 0.6) is 0 Å². The van der Waals surface area contributed by atoms with E-state index in [4.69, 9.17) is 4.74 Å². The van der Waals surface area contributed by atoms with Gasteiger partial charge in [0.05, 0.1) is 5.69 Å². The van der Waals surface area contributed by atoms with Crippen molar-refractivity contribution in [3.05, 3.63) is 33.9 Å². The third kappa shape index (κ3) is 3.79. The minimum absolute atomic E-state index is 0.0654. The Kier molecular flexibility index (Phi) is 5.05. The Hall–Kier alpha value is -2.48. The molecule has 0 unspecified atom stereocenters. The number of hydrogen-bond donors (Lipinski definition) is 2. The lowest BCUT2D eigenvalue weighted by Gasteiger charge is -2.08. The van der Waals surface area contributed by atoms with Gasteiger partial charge in [-0.1, -0.05) is 13.3 Å². The minimum atomic E-state index is -0.310. The number of ether oxygens (including phenoxy) is 1. The van der Waals surface area contributed by atoms with E-state index in [0.717, 1.165) is 6.42 Å². The highest BCUT2D eigenvalue weighted by Gasteiger charge is 2.13. The summed E-state index contributed by atoms with van der Waals surface area (Å²) >= 11 is 0. The molecular weight excluding hydrogens is 286 g/mol. The van der Waals surface area contributed by atoms with E-state index in [1.54, 1.807) is 13.0 Å². The first-order valence-corrected chi connectivity index (χ1v) is 6.99. The lowest BCUT2D eigenvalue weighted by Crippen LogP contribution is -2.21. The molecule has 8 heteroatoms. The van der Waals surface area contributed by atoms with Crippen LogP contribution in [0, 0.1) is 6.92 Å². The van der Waals surface area contributed by atoms with Crippen molar-refractivity contribution in [2.24, 2.45) is 0 Å². The van der Waals surface area contributed by atoms with Crippen LogP contribution in [-0.4, -0.2) is 39.4 Å². The van der Waals surface area contributed by atoms with Crippen molar-refractivity contribution in [1.82, 2.24) is 19.7 Å². The molecule has 2 N–H and O–H groups in total. The second kappa shape index (κ2) is 6.99. The first-order valence-electron chi connectivity index (χ1n) is 6.99. The normalized spacial score (nSPS) is 10.7. The van der Waals surface area contributed by atoms with Crippen molar-refractivity contribution in [2.45, 2.75) is 26.7 Å². The maximum Gasteiger partial charge on any atom is 0.252 e. The molecule has 0 atom stereocenters. The monoisotopic (exact) mass is 305 g/mol. The van der Waals surface area contributed by atoms with Crippen LogP contribution in [0.2, 0.25) is 0 Å². The molecule has 0 aliphatic heterocycles. The van der Waals surface area contributed by atoms with Gasteiger partial charge in [0, 0.05) is 24.9 Å². The molecule has 0 aromatic carbocycles. The average Bonchev–Trinajstić information content (AvgIpc) is 2.79. The summed E-state index contributed by atoms with van der Waals surface area (Å²) < 4.78 is 6.19. The highest BCUT2D eigenvalue weighted by molar-refractivity contribution is 5.91. The number of hydrogen-bond acceptors (Lipinski definition) is 5. The van der Waals surface area contributed by atoms with Gasteiger partial charge in [-0.2, -0.15) is 9.78 Å². The smallest absolute Gasteiger partial charge is 0.252 e. The third-order valence-electron chi connectivity index (χ3n) is 2.86. The molecule has 2 rings (SSSR count). The summed E-state index contributed by atoms with van der Waals surface area (Å²) in [4.78, 5) is 30.4. The molecule has 0 aliphatic rings. The molecule has 22 heavy (non-hydrogen) atoms. The Bertz CT molecular complexity index is 720. The number of aromatic nitrogens is 4. The molecule has 2 aromatic rings. The summed E-state index contributed by atoms with van der Waals surface area (Å²) in [5, 5.41) is 6.94. The largest absolute Gasteiger partial charge is 0.375 e. The molecule has 0 saturated heterocycles. The number of anilines is 1. The molecule has 0 fully saturated rings. The molecule has 0 spiro atoms. The van der Waals surface area contributed by atoms with E-state index >= 15 is 0 Å². The fourth-order valence-corrected chi connectivity index (χ4v) is 2.04. The highest BCUT2D eigenvalue weighted by Crippen LogP contribution is 2.14. The van der Waals surface area contributed by atoms with Crippen LogP contribution in [0.25, 0.3) is 5.95 Å². The third-order valence-corrected chi connectivity index (χ3v) is 2.86. The van der Waals surface area contributed by atoms with Crippen molar-refractivity contribution in [3.8, 4) is 5.95 Å². The van der Waals surface area contributed by atoms with Crippen molar-refractivity contribution in [2.75, 3.05) is 19.0 Å². The molecule has 0 radical (unpaired) electrons. The van der Waals surface area contributed by atoms with Gasteiger partial charge in [-0.15, -0.1) is 0 Å². The fraction of sp³-hybridized carbons (Fsp3) is 0.429. The van der Waals surface area contributed by atoms with Gasteiger partial charge in [0.1, 0.15) is 12.4 Å². The van der Waals surface area contributed by atoms with Crippen molar-refractivity contribution >= 4 is 11.7 Å². The molecule has 0 aliphatic carbocycles. The van der Waals surface area contributed by atoms with Gasteiger partial charge >= 0.3 is 0 Å². The summed E-state index contributed by atoms with van der Waals surface area (Å²) in [6, 6.07) is 3.16. The quantitative estimate of drug-likeness (QED) is 0.822. The highest BCUT2D eigenvalue weighted by atomic mass is 16.5. The molecular formula is C14H19N5O3. The van der Waals surface area contributed by atoms with E-state index in [9.17, 15) is 9.59 Å². The van der Waals surface area contributed by atoms with Crippen LogP contribution >= 0.6 is 0 Å². The van der Waals surface area contributed by atoms with Crippen LogP contribution in [0.3, 0.4) is 0 Å². The van der Waals surface area contributed by atoms with Gasteiger partial charge in [0.25, 0.3) is 11.5 Å². The van der Waals surface area contributed by atoms with Gasteiger partial charge in [-0.25, -0.2) is 4.98 Å². The van der Waals surface area contributed by atoms with E-state index in [2.05, 4.69) is 20.4 Å². The van der Waals surface area contributed by atoms with Crippen LogP contribution < -0.4 is 10.9 Å².